The summed E-state index contributed by atoms with van der Waals surface area (Å²) >= 11 is 0. The topological polar surface area (TPSA) is 9.23 Å². The molecule has 1 atom stereocenters. The van der Waals surface area contributed by atoms with Crippen LogP contribution in [-0.4, -0.2) is 7.11 Å². The molecule has 78 valence electrons. The van der Waals surface area contributed by atoms with Crippen molar-refractivity contribution in [3.63, 3.8) is 0 Å². The number of benzene rings is 1. The Kier molecular flexibility index (Phi) is 2.63. The smallest absolute Gasteiger partial charge is 0.114 e. The lowest BCUT2D eigenvalue weighted by atomic mass is 9.77. The van der Waals surface area contributed by atoms with E-state index in [1.54, 1.807) is 7.11 Å². The van der Waals surface area contributed by atoms with Crippen LogP contribution in [0.3, 0.4) is 0 Å². The molecule has 0 unspecified atom stereocenters. The van der Waals surface area contributed by atoms with Crippen LogP contribution in [0.25, 0.3) is 0 Å². The Morgan fingerprint density at radius 2 is 1.93 bits per heavy atom. The van der Waals surface area contributed by atoms with Crippen molar-refractivity contribution in [1.29, 1.82) is 0 Å². The van der Waals surface area contributed by atoms with Crippen LogP contribution in [0.5, 0.6) is 0 Å². The molecule has 0 spiro atoms. The molecule has 0 aromatic heterocycles. The number of methoxy groups -OCH3 is 1. The molecule has 0 aliphatic heterocycles. The van der Waals surface area contributed by atoms with Gasteiger partial charge in [-0.25, -0.2) is 0 Å². The summed E-state index contributed by atoms with van der Waals surface area (Å²) in [5.41, 5.74) is 1.47. The fraction of sp³-hybridized carbons (Fsp3) is 0.286. The van der Waals surface area contributed by atoms with Crippen molar-refractivity contribution in [3.05, 3.63) is 59.9 Å². The van der Waals surface area contributed by atoms with Gasteiger partial charge in [-0.1, -0.05) is 43.3 Å². The fourth-order valence-corrected chi connectivity index (χ4v) is 1.90. The molecular weight excluding hydrogens is 184 g/mol. The van der Waals surface area contributed by atoms with Gasteiger partial charge in [0.15, 0.2) is 0 Å². The number of hydrogen-bond acceptors (Lipinski definition) is 1. The molecule has 1 aliphatic rings. The molecule has 0 radical (unpaired) electrons. The molecule has 0 fully saturated rings. The average Bonchev–Trinajstić information content (AvgIpc) is 2.31. The van der Waals surface area contributed by atoms with Crippen LogP contribution >= 0.6 is 0 Å². The summed E-state index contributed by atoms with van der Waals surface area (Å²) in [4.78, 5) is 0. The first kappa shape index (κ1) is 10.0. The first-order chi connectivity index (χ1) is 7.24. The van der Waals surface area contributed by atoms with Gasteiger partial charge in [0.05, 0.1) is 7.11 Å². The highest BCUT2D eigenvalue weighted by Gasteiger charge is 2.24. The second-order valence-corrected chi connectivity index (χ2v) is 4.13. The van der Waals surface area contributed by atoms with E-state index < -0.39 is 0 Å². The summed E-state index contributed by atoms with van der Waals surface area (Å²) in [6.45, 7) is 2.25. The third-order valence-corrected chi connectivity index (χ3v) is 3.01. The highest BCUT2D eigenvalue weighted by atomic mass is 16.5. The molecule has 1 aliphatic carbocycles. The number of hydrogen-bond donors (Lipinski definition) is 0. The molecule has 0 saturated heterocycles. The minimum absolute atomic E-state index is 0.114. The van der Waals surface area contributed by atoms with Crippen LogP contribution in [0, 0.1) is 0 Å². The predicted molar refractivity (Wildman–Crippen MR) is 62.6 cm³/mol. The third-order valence-electron chi connectivity index (χ3n) is 3.01. The number of ether oxygens (including phenoxy) is 1. The van der Waals surface area contributed by atoms with Gasteiger partial charge in [-0.05, 0) is 24.1 Å². The van der Waals surface area contributed by atoms with Crippen molar-refractivity contribution in [3.8, 4) is 0 Å². The Morgan fingerprint density at radius 1 is 1.20 bits per heavy atom. The Bertz CT molecular complexity index is 389. The van der Waals surface area contributed by atoms with Gasteiger partial charge in [-0.3, -0.25) is 0 Å². The lowest BCUT2D eigenvalue weighted by Crippen LogP contribution is -2.20. The van der Waals surface area contributed by atoms with Crippen molar-refractivity contribution in [1.82, 2.24) is 0 Å². The van der Waals surface area contributed by atoms with E-state index in [2.05, 4.69) is 55.5 Å². The summed E-state index contributed by atoms with van der Waals surface area (Å²) in [7, 11) is 1.71. The number of allylic oxidation sites excluding steroid dienone is 3. The Morgan fingerprint density at radius 3 is 2.47 bits per heavy atom. The van der Waals surface area contributed by atoms with E-state index in [0.717, 1.165) is 12.2 Å². The van der Waals surface area contributed by atoms with E-state index in [0.29, 0.717) is 0 Å². The largest absolute Gasteiger partial charge is 0.497 e. The zero-order valence-electron chi connectivity index (χ0n) is 9.23. The standard InChI is InChI=1S/C14H16O/c1-14(12-6-4-3-5-7-12)10-8-13(15-2)9-11-14/h3-10H,11H2,1-2H3/t14-/m0/s1. The molecule has 0 amide bonds. The molecule has 0 bridgehead atoms. The van der Waals surface area contributed by atoms with Crippen molar-refractivity contribution >= 4 is 0 Å². The van der Waals surface area contributed by atoms with Gasteiger partial charge < -0.3 is 4.74 Å². The van der Waals surface area contributed by atoms with Gasteiger partial charge in [0.2, 0.25) is 0 Å². The van der Waals surface area contributed by atoms with Crippen LogP contribution in [0.15, 0.2) is 54.3 Å². The monoisotopic (exact) mass is 200 g/mol. The molecule has 1 heteroatoms. The highest BCUT2D eigenvalue weighted by Crippen LogP contribution is 2.33. The minimum Gasteiger partial charge on any atom is -0.497 e. The molecule has 2 rings (SSSR count). The highest BCUT2D eigenvalue weighted by molar-refractivity contribution is 5.36. The second kappa shape index (κ2) is 3.93. The van der Waals surface area contributed by atoms with Crippen LogP contribution in [0.4, 0.5) is 0 Å². The molecule has 1 aromatic carbocycles. The Hall–Kier alpha value is -1.50. The Balaban J connectivity index is 2.25. The first-order valence-electron chi connectivity index (χ1n) is 5.23. The van der Waals surface area contributed by atoms with Crippen LogP contribution in [0.1, 0.15) is 18.9 Å². The van der Waals surface area contributed by atoms with Gasteiger partial charge >= 0.3 is 0 Å². The van der Waals surface area contributed by atoms with Gasteiger partial charge in [0, 0.05) is 5.41 Å². The number of rotatable bonds is 2. The van der Waals surface area contributed by atoms with E-state index in [4.69, 9.17) is 4.74 Å². The summed E-state index contributed by atoms with van der Waals surface area (Å²) in [5, 5.41) is 0. The van der Waals surface area contributed by atoms with Crippen LogP contribution in [-0.2, 0) is 10.2 Å². The molecule has 1 aromatic rings. The molecule has 1 nitrogen and oxygen atoms in total. The lowest BCUT2D eigenvalue weighted by Gasteiger charge is -2.28. The van der Waals surface area contributed by atoms with Crippen LogP contribution in [0.2, 0.25) is 0 Å². The maximum atomic E-state index is 5.19. The van der Waals surface area contributed by atoms with E-state index in [1.165, 1.54) is 5.56 Å². The molecular formula is C14H16O. The molecule has 15 heavy (non-hydrogen) atoms. The predicted octanol–water partition coefficient (Wildman–Crippen LogP) is 3.43. The normalized spacial score (nSPS) is 24.8. The zero-order valence-corrected chi connectivity index (χ0v) is 9.23. The molecule has 0 heterocycles. The van der Waals surface area contributed by atoms with E-state index in [9.17, 15) is 0 Å². The zero-order chi connectivity index (χ0) is 10.7. The summed E-state index contributed by atoms with van der Waals surface area (Å²) in [6.07, 6.45) is 7.42. The summed E-state index contributed by atoms with van der Waals surface area (Å²) in [6, 6.07) is 10.6. The van der Waals surface area contributed by atoms with E-state index >= 15 is 0 Å². The van der Waals surface area contributed by atoms with Gasteiger partial charge in [-0.15, -0.1) is 0 Å². The Labute approximate surface area is 91.1 Å². The first-order valence-corrected chi connectivity index (χ1v) is 5.23. The van der Waals surface area contributed by atoms with Gasteiger partial charge in [-0.2, -0.15) is 0 Å². The van der Waals surface area contributed by atoms with Crippen molar-refractivity contribution in [2.45, 2.75) is 18.8 Å². The SMILES string of the molecule is COC1=CC[C@@](C)(c2ccccc2)C=C1. The van der Waals surface area contributed by atoms with Gasteiger partial charge in [0.25, 0.3) is 0 Å². The van der Waals surface area contributed by atoms with Crippen molar-refractivity contribution < 1.29 is 4.74 Å². The maximum absolute atomic E-state index is 5.19. The summed E-state index contributed by atoms with van der Waals surface area (Å²) in [5.74, 6) is 0.961. The average molecular weight is 200 g/mol. The lowest BCUT2D eigenvalue weighted by molar-refractivity contribution is 0.300. The minimum atomic E-state index is 0.114. The van der Waals surface area contributed by atoms with Crippen molar-refractivity contribution in [2.24, 2.45) is 0 Å². The maximum Gasteiger partial charge on any atom is 0.114 e. The van der Waals surface area contributed by atoms with E-state index in [1.807, 2.05) is 0 Å². The van der Waals surface area contributed by atoms with E-state index in [-0.39, 0.29) is 5.41 Å². The van der Waals surface area contributed by atoms with Gasteiger partial charge in [0.1, 0.15) is 5.76 Å². The third kappa shape index (κ3) is 1.96. The molecule has 0 N–H and O–H groups in total. The fourth-order valence-electron chi connectivity index (χ4n) is 1.90. The second-order valence-electron chi connectivity index (χ2n) is 4.13. The summed E-state index contributed by atoms with van der Waals surface area (Å²) < 4.78 is 5.19. The molecule has 0 saturated carbocycles. The quantitative estimate of drug-likeness (QED) is 0.710. The van der Waals surface area contributed by atoms with Crippen molar-refractivity contribution in [2.75, 3.05) is 7.11 Å². The van der Waals surface area contributed by atoms with Crippen LogP contribution < -0.4 is 0 Å².